The maximum absolute atomic E-state index is 6.15. The largest absolute Gasteiger partial charge is 0.320 e. The predicted molar refractivity (Wildman–Crippen MR) is 79.5 cm³/mol. The van der Waals surface area contributed by atoms with Crippen molar-refractivity contribution in [2.45, 2.75) is 6.04 Å². The fourth-order valence-electron chi connectivity index (χ4n) is 1.39. The van der Waals surface area contributed by atoms with Gasteiger partial charge in [-0.3, -0.25) is 0 Å². The van der Waals surface area contributed by atoms with E-state index in [0.717, 1.165) is 14.2 Å². The van der Waals surface area contributed by atoms with Crippen LogP contribution in [0.4, 0.5) is 0 Å². The van der Waals surface area contributed by atoms with Crippen LogP contribution in [-0.4, -0.2) is 0 Å². The molecule has 6 heteroatoms. The van der Waals surface area contributed by atoms with E-state index in [-0.39, 0.29) is 6.04 Å². The summed E-state index contributed by atoms with van der Waals surface area (Å²) in [6.45, 7) is 0. The van der Waals surface area contributed by atoms with Crippen molar-refractivity contribution < 1.29 is 0 Å². The van der Waals surface area contributed by atoms with Crippen molar-refractivity contribution in [3.63, 3.8) is 0 Å². The van der Waals surface area contributed by atoms with Gasteiger partial charge in [-0.2, -0.15) is 0 Å². The molecule has 2 rings (SSSR count). The third-order valence-corrected chi connectivity index (χ3v) is 5.57. The van der Waals surface area contributed by atoms with Gasteiger partial charge in [0.15, 0.2) is 0 Å². The topological polar surface area (TPSA) is 26.0 Å². The Balaban J connectivity index is 2.36. The van der Waals surface area contributed by atoms with Crippen molar-refractivity contribution >= 4 is 62.1 Å². The molecule has 0 aliphatic heterocycles. The first-order chi connectivity index (χ1) is 7.99. The standard InChI is InChI=1S/C11H7BrCl3NS/c12-11-8(15)4-9(17-11)10(16)5-1-2-6(13)7(14)3-5/h1-4,10H,16H2. The Morgan fingerprint density at radius 2 is 1.76 bits per heavy atom. The number of rotatable bonds is 2. The van der Waals surface area contributed by atoms with Crippen molar-refractivity contribution in [2.24, 2.45) is 5.73 Å². The summed E-state index contributed by atoms with van der Waals surface area (Å²) < 4.78 is 0.879. The second-order valence-corrected chi connectivity index (χ2v) is 7.04. The zero-order valence-corrected chi connectivity index (χ0v) is 13.1. The smallest absolute Gasteiger partial charge is 0.0888 e. The van der Waals surface area contributed by atoms with Crippen molar-refractivity contribution in [1.29, 1.82) is 0 Å². The summed E-state index contributed by atoms with van der Waals surface area (Å²) in [5, 5.41) is 1.69. The van der Waals surface area contributed by atoms with Gasteiger partial charge in [0.2, 0.25) is 0 Å². The van der Waals surface area contributed by atoms with E-state index < -0.39 is 0 Å². The Bertz CT molecular complexity index is 536. The minimum absolute atomic E-state index is 0.251. The molecule has 0 aliphatic rings. The quantitative estimate of drug-likeness (QED) is 0.739. The number of thiophene rings is 1. The molecule has 0 saturated carbocycles. The maximum atomic E-state index is 6.15. The average Bonchev–Trinajstić information content (AvgIpc) is 2.62. The Hall–Kier alpha value is 0.230. The highest BCUT2D eigenvalue weighted by Gasteiger charge is 2.14. The average molecular weight is 372 g/mol. The van der Waals surface area contributed by atoms with Crippen LogP contribution in [-0.2, 0) is 0 Å². The first kappa shape index (κ1) is 13.7. The number of benzene rings is 1. The highest BCUT2D eigenvalue weighted by atomic mass is 79.9. The van der Waals surface area contributed by atoms with Crippen LogP contribution in [0.3, 0.4) is 0 Å². The second kappa shape index (κ2) is 5.47. The number of halogens is 4. The third-order valence-electron chi connectivity index (χ3n) is 2.27. The van der Waals surface area contributed by atoms with Crippen molar-refractivity contribution in [2.75, 3.05) is 0 Å². The summed E-state index contributed by atoms with van der Waals surface area (Å²) in [5.41, 5.74) is 7.05. The lowest BCUT2D eigenvalue weighted by Crippen LogP contribution is -2.09. The molecular formula is C11H7BrCl3NS. The Morgan fingerprint density at radius 1 is 1.06 bits per heavy atom. The van der Waals surface area contributed by atoms with E-state index in [2.05, 4.69) is 15.9 Å². The van der Waals surface area contributed by atoms with Crippen molar-refractivity contribution in [3.8, 4) is 0 Å². The van der Waals surface area contributed by atoms with Gasteiger partial charge in [-0.15, -0.1) is 11.3 Å². The predicted octanol–water partition coefficient (Wildman–Crippen LogP) is 5.52. The molecule has 2 aromatic rings. The van der Waals surface area contributed by atoms with Gasteiger partial charge in [-0.25, -0.2) is 0 Å². The van der Waals surface area contributed by atoms with Gasteiger partial charge >= 0.3 is 0 Å². The molecule has 90 valence electrons. The summed E-state index contributed by atoms with van der Waals surface area (Å²) in [7, 11) is 0. The zero-order chi connectivity index (χ0) is 12.6. The number of hydrogen-bond donors (Lipinski definition) is 1. The molecule has 0 radical (unpaired) electrons. The Morgan fingerprint density at radius 3 is 2.29 bits per heavy atom. The molecule has 0 saturated heterocycles. The van der Waals surface area contributed by atoms with Crippen LogP contribution in [0, 0.1) is 0 Å². The normalized spacial score (nSPS) is 12.8. The monoisotopic (exact) mass is 369 g/mol. The molecule has 1 aromatic carbocycles. The van der Waals surface area contributed by atoms with Gasteiger partial charge in [0.1, 0.15) is 0 Å². The molecule has 1 heterocycles. The fourth-order valence-corrected chi connectivity index (χ4v) is 3.47. The van der Waals surface area contributed by atoms with E-state index in [0.29, 0.717) is 15.1 Å². The van der Waals surface area contributed by atoms with Crippen LogP contribution in [0.2, 0.25) is 15.1 Å². The van der Waals surface area contributed by atoms with Crippen molar-refractivity contribution in [1.82, 2.24) is 0 Å². The number of nitrogens with two attached hydrogens (primary N) is 1. The van der Waals surface area contributed by atoms with Gasteiger partial charge in [-0.05, 0) is 39.7 Å². The molecule has 17 heavy (non-hydrogen) atoms. The minimum atomic E-state index is -0.251. The highest BCUT2D eigenvalue weighted by Crippen LogP contribution is 2.37. The minimum Gasteiger partial charge on any atom is -0.320 e. The molecule has 0 amide bonds. The van der Waals surface area contributed by atoms with Crippen molar-refractivity contribution in [3.05, 3.63) is 53.6 Å². The number of hydrogen-bond acceptors (Lipinski definition) is 2. The Labute approximate surface area is 127 Å². The van der Waals surface area contributed by atoms with Crippen LogP contribution in [0.5, 0.6) is 0 Å². The Kier molecular flexibility index (Phi) is 4.40. The SMILES string of the molecule is NC(c1ccc(Cl)c(Cl)c1)c1cc(Cl)c(Br)s1. The molecule has 0 bridgehead atoms. The summed E-state index contributed by atoms with van der Waals surface area (Å²) in [4.78, 5) is 0.972. The van der Waals surface area contributed by atoms with Crippen LogP contribution in [0.25, 0.3) is 0 Å². The van der Waals surface area contributed by atoms with E-state index >= 15 is 0 Å². The van der Waals surface area contributed by atoms with Gasteiger partial charge in [-0.1, -0.05) is 40.9 Å². The molecule has 0 fully saturated rings. The van der Waals surface area contributed by atoms with Gasteiger partial charge in [0.25, 0.3) is 0 Å². The fraction of sp³-hybridized carbons (Fsp3) is 0.0909. The van der Waals surface area contributed by atoms with Crippen LogP contribution in [0.15, 0.2) is 28.1 Å². The van der Waals surface area contributed by atoms with E-state index in [4.69, 9.17) is 40.5 Å². The summed E-state index contributed by atoms with van der Waals surface area (Å²) >= 11 is 22.7. The van der Waals surface area contributed by atoms with Gasteiger partial charge < -0.3 is 5.73 Å². The lowest BCUT2D eigenvalue weighted by Gasteiger charge is -2.10. The molecule has 1 nitrogen and oxygen atoms in total. The zero-order valence-electron chi connectivity index (χ0n) is 8.38. The molecule has 1 atom stereocenters. The van der Waals surface area contributed by atoms with E-state index in [9.17, 15) is 0 Å². The summed E-state index contributed by atoms with van der Waals surface area (Å²) in [5.74, 6) is 0. The van der Waals surface area contributed by atoms with E-state index in [1.807, 2.05) is 12.1 Å². The first-order valence-corrected chi connectivity index (χ1v) is 7.38. The molecule has 0 aliphatic carbocycles. The van der Waals surface area contributed by atoms with Crippen LogP contribution >= 0.6 is 62.1 Å². The maximum Gasteiger partial charge on any atom is 0.0888 e. The highest BCUT2D eigenvalue weighted by molar-refractivity contribution is 9.11. The lowest BCUT2D eigenvalue weighted by molar-refractivity contribution is 0.894. The van der Waals surface area contributed by atoms with Crippen LogP contribution in [0.1, 0.15) is 16.5 Å². The third kappa shape index (κ3) is 2.98. The van der Waals surface area contributed by atoms with E-state index in [1.54, 1.807) is 12.1 Å². The molecule has 2 N–H and O–H groups in total. The molecule has 0 spiro atoms. The molecule has 1 aromatic heterocycles. The van der Waals surface area contributed by atoms with Gasteiger partial charge in [0, 0.05) is 4.88 Å². The lowest BCUT2D eigenvalue weighted by atomic mass is 10.1. The summed E-state index contributed by atoms with van der Waals surface area (Å²) in [6.07, 6.45) is 0. The van der Waals surface area contributed by atoms with Gasteiger partial charge in [0.05, 0.1) is 24.9 Å². The van der Waals surface area contributed by atoms with Crippen LogP contribution < -0.4 is 5.73 Å². The first-order valence-electron chi connectivity index (χ1n) is 4.64. The molecular weight excluding hydrogens is 364 g/mol. The summed E-state index contributed by atoms with van der Waals surface area (Å²) in [6, 6.07) is 6.97. The second-order valence-electron chi connectivity index (χ2n) is 3.42. The molecule has 1 unspecified atom stereocenters. The van der Waals surface area contributed by atoms with E-state index in [1.165, 1.54) is 11.3 Å².